The number of hydrogen-bond acceptors (Lipinski definition) is 5. The molecule has 0 atom stereocenters. The van der Waals surface area contributed by atoms with Crippen molar-refractivity contribution in [3.63, 3.8) is 0 Å². The van der Waals surface area contributed by atoms with Gasteiger partial charge in [-0.25, -0.2) is 0 Å². The molecule has 0 aliphatic rings. The lowest BCUT2D eigenvalue weighted by atomic mass is 10.6. The Morgan fingerprint density at radius 3 is 2.87 bits per heavy atom. The molecule has 15 heavy (non-hydrogen) atoms. The molecule has 0 unspecified atom stereocenters. The fourth-order valence-electron chi connectivity index (χ4n) is 1.02. The first-order valence-electron chi connectivity index (χ1n) is 4.60. The molecule has 0 fully saturated rings. The van der Waals surface area contributed by atoms with Crippen LogP contribution in [0.4, 0.5) is 0 Å². The predicted molar refractivity (Wildman–Crippen MR) is 58.3 cm³/mol. The fraction of sp³-hybridized carbons (Fsp3) is 0.625. The van der Waals surface area contributed by atoms with E-state index in [1.54, 1.807) is 11.8 Å². The molecule has 1 aromatic heterocycles. The SMILES string of the molecule is CC(=O)NCCSc1nnc(CN)n1C. The normalized spacial score (nSPS) is 10.3. The minimum absolute atomic E-state index is 0.0174. The van der Waals surface area contributed by atoms with Gasteiger partial charge >= 0.3 is 0 Å². The molecule has 0 aliphatic heterocycles. The topological polar surface area (TPSA) is 85.8 Å². The van der Waals surface area contributed by atoms with Gasteiger partial charge in [0.1, 0.15) is 5.82 Å². The lowest BCUT2D eigenvalue weighted by Crippen LogP contribution is -2.22. The summed E-state index contributed by atoms with van der Waals surface area (Å²) in [5.74, 6) is 1.52. The van der Waals surface area contributed by atoms with Gasteiger partial charge in [-0.15, -0.1) is 10.2 Å². The minimum atomic E-state index is -0.0174. The van der Waals surface area contributed by atoms with Gasteiger partial charge in [0, 0.05) is 26.3 Å². The maximum atomic E-state index is 10.6. The van der Waals surface area contributed by atoms with Gasteiger partial charge < -0.3 is 15.6 Å². The second kappa shape index (κ2) is 5.72. The lowest BCUT2D eigenvalue weighted by Gasteiger charge is -2.02. The van der Waals surface area contributed by atoms with E-state index in [-0.39, 0.29) is 5.91 Å². The molecule has 84 valence electrons. The largest absolute Gasteiger partial charge is 0.356 e. The molecule has 0 aromatic carbocycles. The van der Waals surface area contributed by atoms with Crippen LogP contribution in [0.5, 0.6) is 0 Å². The predicted octanol–water partition coefficient (Wildman–Crippen LogP) is -0.498. The molecule has 0 saturated carbocycles. The standard InChI is InChI=1S/C8H15N5OS/c1-6(14)10-3-4-15-8-12-11-7(5-9)13(8)2/h3-5,9H2,1-2H3,(H,10,14). The Bertz CT molecular complexity index is 338. The molecule has 1 amide bonds. The molecule has 0 aliphatic carbocycles. The third kappa shape index (κ3) is 3.52. The zero-order valence-corrected chi connectivity index (χ0v) is 9.67. The van der Waals surface area contributed by atoms with Crippen LogP contribution >= 0.6 is 11.8 Å². The highest BCUT2D eigenvalue weighted by molar-refractivity contribution is 7.99. The number of hydrogen-bond donors (Lipinski definition) is 2. The van der Waals surface area contributed by atoms with Gasteiger partial charge in [0.05, 0.1) is 6.54 Å². The maximum Gasteiger partial charge on any atom is 0.216 e. The van der Waals surface area contributed by atoms with Crippen molar-refractivity contribution in [3.05, 3.63) is 5.82 Å². The lowest BCUT2D eigenvalue weighted by molar-refractivity contribution is -0.118. The van der Waals surface area contributed by atoms with E-state index in [1.165, 1.54) is 6.92 Å². The smallest absolute Gasteiger partial charge is 0.216 e. The number of nitrogens with two attached hydrogens (primary N) is 1. The maximum absolute atomic E-state index is 10.6. The van der Waals surface area contributed by atoms with Gasteiger partial charge in [-0.1, -0.05) is 11.8 Å². The first-order valence-corrected chi connectivity index (χ1v) is 5.59. The Balaban J connectivity index is 2.37. The van der Waals surface area contributed by atoms with Crippen molar-refractivity contribution in [1.82, 2.24) is 20.1 Å². The van der Waals surface area contributed by atoms with E-state index in [1.807, 2.05) is 11.6 Å². The van der Waals surface area contributed by atoms with Crippen LogP contribution in [0.25, 0.3) is 0 Å². The first kappa shape index (κ1) is 12.0. The van der Waals surface area contributed by atoms with Gasteiger partial charge in [-0.3, -0.25) is 4.79 Å². The van der Waals surface area contributed by atoms with Crippen LogP contribution in [-0.4, -0.2) is 33.0 Å². The average Bonchev–Trinajstić information content (AvgIpc) is 2.54. The summed E-state index contributed by atoms with van der Waals surface area (Å²) in [6.45, 7) is 2.51. The van der Waals surface area contributed by atoms with Crippen molar-refractivity contribution in [2.45, 2.75) is 18.6 Å². The third-order valence-corrected chi connectivity index (χ3v) is 2.84. The molecule has 0 spiro atoms. The number of carbonyl (C=O) groups excluding carboxylic acids is 1. The van der Waals surface area contributed by atoms with Crippen LogP contribution in [0, 0.1) is 0 Å². The van der Waals surface area contributed by atoms with Gasteiger partial charge in [0.25, 0.3) is 0 Å². The first-order chi connectivity index (χ1) is 7.15. The van der Waals surface area contributed by atoms with Gasteiger partial charge in [-0.2, -0.15) is 0 Å². The summed E-state index contributed by atoms with van der Waals surface area (Å²) in [6, 6.07) is 0. The zero-order chi connectivity index (χ0) is 11.3. The van der Waals surface area contributed by atoms with Crippen molar-refractivity contribution in [1.29, 1.82) is 0 Å². The zero-order valence-electron chi connectivity index (χ0n) is 8.86. The highest BCUT2D eigenvalue weighted by Crippen LogP contribution is 2.14. The van der Waals surface area contributed by atoms with Crippen LogP contribution in [-0.2, 0) is 18.4 Å². The Hall–Kier alpha value is -1.08. The van der Waals surface area contributed by atoms with E-state index in [2.05, 4.69) is 15.5 Å². The van der Waals surface area contributed by atoms with Crippen LogP contribution in [0.3, 0.4) is 0 Å². The molecule has 1 rings (SSSR count). The van der Waals surface area contributed by atoms with Crippen LogP contribution in [0.15, 0.2) is 5.16 Å². The van der Waals surface area contributed by atoms with Crippen LogP contribution in [0.2, 0.25) is 0 Å². The molecule has 0 radical (unpaired) electrons. The molecular formula is C8H15N5OS. The number of thioether (sulfide) groups is 1. The fourth-order valence-corrected chi connectivity index (χ4v) is 1.80. The van der Waals surface area contributed by atoms with E-state index in [9.17, 15) is 4.79 Å². The minimum Gasteiger partial charge on any atom is -0.356 e. The Morgan fingerprint density at radius 1 is 1.60 bits per heavy atom. The second-order valence-electron chi connectivity index (χ2n) is 2.99. The Labute approximate surface area is 92.6 Å². The summed E-state index contributed by atoms with van der Waals surface area (Å²) in [5, 5.41) is 11.4. The number of nitrogens with one attached hydrogen (secondary N) is 1. The summed E-state index contributed by atoms with van der Waals surface area (Å²) in [6.07, 6.45) is 0. The van der Waals surface area contributed by atoms with Crippen molar-refractivity contribution >= 4 is 17.7 Å². The molecule has 3 N–H and O–H groups in total. The molecule has 7 heteroatoms. The van der Waals surface area contributed by atoms with E-state index >= 15 is 0 Å². The Kier molecular flexibility index (Phi) is 4.57. The van der Waals surface area contributed by atoms with Gasteiger partial charge in [0.15, 0.2) is 5.16 Å². The van der Waals surface area contributed by atoms with Crippen LogP contribution < -0.4 is 11.1 Å². The number of carbonyl (C=O) groups is 1. The highest BCUT2D eigenvalue weighted by Gasteiger charge is 2.06. The number of nitrogens with zero attached hydrogens (tertiary/aromatic N) is 3. The van der Waals surface area contributed by atoms with Crippen molar-refractivity contribution in [2.24, 2.45) is 12.8 Å². The third-order valence-electron chi connectivity index (χ3n) is 1.81. The summed E-state index contributed by atoms with van der Waals surface area (Å²) in [4.78, 5) is 10.6. The highest BCUT2D eigenvalue weighted by atomic mass is 32.2. The average molecular weight is 229 g/mol. The monoisotopic (exact) mass is 229 g/mol. The van der Waals surface area contributed by atoms with Gasteiger partial charge in [-0.05, 0) is 0 Å². The molecule has 1 aromatic rings. The number of rotatable bonds is 5. The van der Waals surface area contributed by atoms with Crippen molar-refractivity contribution in [3.8, 4) is 0 Å². The van der Waals surface area contributed by atoms with E-state index < -0.39 is 0 Å². The summed E-state index contributed by atoms with van der Waals surface area (Å²) in [5.41, 5.74) is 5.47. The van der Waals surface area contributed by atoms with E-state index in [0.717, 1.165) is 16.7 Å². The second-order valence-corrected chi connectivity index (χ2v) is 4.06. The van der Waals surface area contributed by atoms with E-state index in [0.29, 0.717) is 13.1 Å². The van der Waals surface area contributed by atoms with Gasteiger partial charge in [0.2, 0.25) is 5.91 Å². The Morgan fingerprint density at radius 2 is 2.33 bits per heavy atom. The van der Waals surface area contributed by atoms with Crippen molar-refractivity contribution in [2.75, 3.05) is 12.3 Å². The quantitative estimate of drug-likeness (QED) is 0.525. The molecule has 0 saturated heterocycles. The molecule has 0 bridgehead atoms. The summed E-state index contributed by atoms with van der Waals surface area (Å²) < 4.78 is 1.86. The van der Waals surface area contributed by atoms with Crippen LogP contribution in [0.1, 0.15) is 12.7 Å². The summed E-state index contributed by atoms with van der Waals surface area (Å²) in [7, 11) is 1.88. The van der Waals surface area contributed by atoms with Crippen molar-refractivity contribution < 1.29 is 4.79 Å². The van der Waals surface area contributed by atoms with E-state index in [4.69, 9.17) is 5.73 Å². The number of aromatic nitrogens is 3. The molecule has 6 nitrogen and oxygen atoms in total. The summed E-state index contributed by atoms with van der Waals surface area (Å²) >= 11 is 1.54. The number of amides is 1. The molecule has 1 heterocycles. The molecular weight excluding hydrogens is 214 g/mol.